The van der Waals surface area contributed by atoms with Crippen molar-refractivity contribution in [3.8, 4) is 0 Å². The minimum absolute atomic E-state index is 0.0912. The Morgan fingerprint density at radius 2 is 2.18 bits per heavy atom. The van der Waals surface area contributed by atoms with Crippen LogP contribution in [-0.2, 0) is 4.79 Å². The summed E-state index contributed by atoms with van der Waals surface area (Å²) in [5.41, 5.74) is 1.06. The Morgan fingerprint density at radius 3 is 2.73 bits per heavy atom. The lowest BCUT2D eigenvalue weighted by molar-refractivity contribution is -0.125. The average Bonchev–Trinajstić information content (AvgIpc) is 2.93. The highest BCUT2D eigenvalue weighted by Gasteiger charge is 2.26. The van der Waals surface area contributed by atoms with E-state index in [1.807, 2.05) is 20.8 Å². The lowest BCUT2D eigenvalue weighted by atomic mass is 9.96. The number of carbonyl (C=O) groups excluding carboxylic acids is 1. The number of anilines is 1. The Hall–Kier alpha value is -1.14. The average molecular weight is 325 g/mol. The van der Waals surface area contributed by atoms with E-state index in [1.165, 1.54) is 0 Å². The Balaban J connectivity index is 1.71. The fourth-order valence-electron chi connectivity index (χ4n) is 2.64. The summed E-state index contributed by atoms with van der Waals surface area (Å²) in [6.45, 7) is 8.32. The fraction of sp³-hybridized carbons (Fsp3) is 0.750. The van der Waals surface area contributed by atoms with Crippen molar-refractivity contribution in [2.75, 3.05) is 24.5 Å². The number of nitrogens with one attached hydrogen (secondary N) is 1. The van der Waals surface area contributed by atoms with E-state index in [0.717, 1.165) is 36.8 Å². The second kappa shape index (κ2) is 7.92. The number of nitrogens with zero attached hydrogens (tertiary/aromatic N) is 2. The number of aromatic nitrogens is 1. The summed E-state index contributed by atoms with van der Waals surface area (Å²) >= 11 is 1.67. The number of amides is 1. The van der Waals surface area contributed by atoms with E-state index in [-0.39, 0.29) is 23.8 Å². The predicted molar refractivity (Wildman–Crippen MR) is 90.3 cm³/mol. The van der Waals surface area contributed by atoms with Crippen LogP contribution in [0, 0.1) is 18.8 Å². The van der Waals surface area contributed by atoms with E-state index >= 15 is 0 Å². The summed E-state index contributed by atoms with van der Waals surface area (Å²) in [6, 6.07) is 0. The summed E-state index contributed by atoms with van der Waals surface area (Å²) in [4.78, 5) is 18.9. The lowest BCUT2D eigenvalue weighted by Crippen LogP contribution is -2.41. The number of piperidine rings is 1. The number of aliphatic hydroxyl groups excluding tert-OH is 1. The SMILES string of the molecule is Cc1csc(N2CCC(C(=O)NCCC(O)C(C)C)CC2)n1. The Bertz CT molecular complexity index is 481. The highest BCUT2D eigenvalue weighted by atomic mass is 32.1. The van der Waals surface area contributed by atoms with E-state index in [9.17, 15) is 9.90 Å². The Labute approximate surface area is 136 Å². The maximum absolute atomic E-state index is 12.2. The summed E-state index contributed by atoms with van der Waals surface area (Å²) < 4.78 is 0. The lowest BCUT2D eigenvalue weighted by Gasteiger charge is -2.31. The maximum atomic E-state index is 12.2. The second-order valence-corrected chi connectivity index (χ2v) is 7.26. The molecule has 0 spiro atoms. The smallest absolute Gasteiger partial charge is 0.223 e. The highest BCUT2D eigenvalue weighted by molar-refractivity contribution is 7.13. The van der Waals surface area contributed by atoms with Gasteiger partial charge < -0.3 is 15.3 Å². The topological polar surface area (TPSA) is 65.5 Å². The first-order chi connectivity index (χ1) is 10.5. The van der Waals surface area contributed by atoms with E-state index in [1.54, 1.807) is 11.3 Å². The van der Waals surface area contributed by atoms with Gasteiger partial charge in [-0.1, -0.05) is 13.8 Å². The van der Waals surface area contributed by atoms with Crippen molar-refractivity contribution in [2.45, 2.75) is 46.1 Å². The third-order valence-electron chi connectivity index (χ3n) is 4.25. The zero-order chi connectivity index (χ0) is 16.1. The summed E-state index contributed by atoms with van der Waals surface area (Å²) in [5.74, 6) is 0.460. The number of aliphatic hydroxyl groups is 1. The Morgan fingerprint density at radius 1 is 1.50 bits per heavy atom. The fourth-order valence-corrected chi connectivity index (χ4v) is 3.50. The number of thiazole rings is 1. The van der Waals surface area contributed by atoms with Gasteiger partial charge in [0.15, 0.2) is 5.13 Å². The molecule has 0 bridgehead atoms. The first kappa shape index (κ1) is 17.2. The van der Waals surface area contributed by atoms with Crippen LogP contribution in [-0.4, -0.2) is 41.7 Å². The van der Waals surface area contributed by atoms with Crippen molar-refractivity contribution in [1.82, 2.24) is 10.3 Å². The van der Waals surface area contributed by atoms with Gasteiger partial charge in [0.1, 0.15) is 0 Å². The summed E-state index contributed by atoms with van der Waals surface area (Å²) in [6.07, 6.45) is 2.03. The summed E-state index contributed by atoms with van der Waals surface area (Å²) in [7, 11) is 0. The minimum atomic E-state index is -0.338. The van der Waals surface area contributed by atoms with Crippen LogP contribution in [0.5, 0.6) is 0 Å². The van der Waals surface area contributed by atoms with Gasteiger partial charge in [-0.25, -0.2) is 4.98 Å². The van der Waals surface area contributed by atoms with Crippen molar-refractivity contribution in [2.24, 2.45) is 11.8 Å². The molecule has 1 atom stereocenters. The molecule has 1 aromatic rings. The molecule has 2 rings (SSSR count). The van der Waals surface area contributed by atoms with Crippen LogP contribution in [0.1, 0.15) is 38.8 Å². The van der Waals surface area contributed by atoms with Crippen LogP contribution < -0.4 is 10.2 Å². The molecule has 22 heavy (non-hydrogen) atoms. The normalized spacial score (nSPS) is 17.8. The molecule has 1 fully saturated rings. The first-order valence-corrected chi connectivity index (χ1v) is 8.98. The zero-order valence-corrected chi connectivity index (χ0v) is 14.5. The Kier molecular flexibility index (Phi) is 6.20. The number of carbonyl (C=O) groups is 1. The molecule has 1 aromatic heterocycles. The highest BCUT2D eigenvalue weighted by Crippen LogP contribution is 2.26. The third kappa shape index (κ3) is 4.68. The van der Waals surface area contributed by atoms with E-state index in [2.05, 4.69) is 20.6 Å². The predicted octanol–water partition coefficient (Wildman–Crippen LogP) is 2.19. The van der Waals surface area contributed by atoms with Crippen LogP contribution in [0.2, 0.25) is 0 Å². The molecular weight excluding hydrogens is 298 g/mol. The molecule has 1 aliphatic heterocycles. The molecule has 0 radical (unpaired) electrons. The number of hydrogen-bond acceptors (Lipinski definition) is 5. The molecule has 1 aliphatic rings. The molecule has 6 heteroatoms. The molecule has 1 unspecified atom stereocenters. The van der Waals surface area contributed by atoms with Gasteiger partial charge in [0.05, 0.1) is 11.8 Å². The third-order valence-corrected chi connectivity index (χ3v) is 5.27. The standard InChI is InChI=1S/C16H27N3O2S/c1-11(2)14(20)4-7-17-15(21)13-5-8-19(9-6-13)16-18-12(3)10-22-16/h10-11,13-14,20H,4-9H2,1-3H3,(H,17,21). The van der Waals surface area contributed by atoms with Crippen molar-refractivity contribution >= 4 is 22.4 Å². The molecule has 124 valence electrons. The molecule has 2 N–H and O–H groups in total. The molecule has 5 nitrogen and oxygen atoms in total. The second-order valence-electron chi connectivity index (χ2n) is 6.42. The minimum Gasteiger partial charge on any atom is -0.393 e. The van der Waals surface area contributed by atoms with E-state index < -0.39 is 0 Å². The van der Waals surface area contributed by atoms with Gasteiger partial charge in [-0.3, -0.25) is 4.79 Å². The van der Waals surface area contributed by atoms with Gasteiger partial charge in [0, 0.05) is 30.9 Å². The quantitative estimate of drug-likeness (QED) is 0.841. The number of aryl methyl sites for hydroxylation is 1. The van der Waals surface area contributed by atoms with Gasteiger partial charge >= 0.3 is 0 Å². The van der Waals surface area contributed by atoms with Gasteiger partial charge in [0.25, 0.3) is 0 Å². The van der Waals surface area contributed by atoms with Crippen LogP contribution in [0.15, 0.2) is 5.38 Å². The molecular formula is C16H27N3O2S. The van der Waals surface area contributed by atoms with E-state index in [4.69, 9.17) is 0 Å². The largest absolute Gasteiger partial charge is 0.393 e. The monoisotopic (exact) mass is 325 g/mol. The van der Waals surface area contributed by atoms with Gasteiger partial charge in [0.2, 0.25) is 5.91 Å². The van der Waals surface area contributed by atoms with Gasteiger partial charge in [-0.2, -0.15) is 0 Å². The van der Waals surface area contributed by atoms with Crippen LogP contribution in [0.4, 0.5) is 5.13 Å². The van der Waals surface area contributed by atoms with Crippen molar-refractivity contribution in [1.29, 1.82) is 0 Å². The number of rotatable bonds is 6. The molecule has 0 saturated carbocycles. The number of hydrogen-bond donors (Lipinski definition) is 2. The maximum Gasteiger partial charge on any atom is 0.223 e. The van der Waals surface area contributed by atoms with Gasteiger partial charge in [-0.05, 0) is 32.1 Å². The molecule has 0 aliphatic carbocycles. The first-order valence-electron chi connectivity index (χ1n) is 8.10. The van der Waals surface area contributed by atoms with Crippen molar-refractivity contribution < 1.29 is 9.90 Å². The molecule has 2 heterocycles. The van der Waals surface area contributed by atoms with Crippen molar-refractivity contribution in [3.63, 3.8) is 0 Å². The van der Waals surface area contributed by atoms with Crippen molar-refractivity contribution in [3.05, 3.63) is 11.1 Å². The molecule has 1 saturated heterocycles. The van der Waals surface area contributed by atoms with Crippen LogP contribution in [0.3, 0.4) is 0 Å². The van der Waals surface area contributed by atoms with Gasteiger partial charge in [-0.15, -0.1) is 11.3 Å². The van der Waals surface area contributed by atoms with E-state index in [0.29, 0.717) is 13.0 Å². The van der Waals surface area contributed by atoms with Crippen LogP contribution in [0.25, 0.3) is 0 Å². The van der Waals surface area contributed by atoms with Crippen LogP contribution >= 0.6 is 11.3 Å². The zero-order valence-electron chi connectivity index (χ0n) is 13.7. The molecule has 1 amide bonds. The summed E-state index contributed by atoms with van der Waals surface area (Å²) in [5, 5.41) is 15.8. The molecule has 0 aromatic carbocycles.